The molecule has 6 aromatic rings. The van der Waals surface area contributed by atoms with Gasteiger partial charge in [-0.15, -0.1) is 23.8 Å². The monoisotopic (exact) mass is 732 g/mol. The van der Waals surface area contributed by atoms with Gasteiger partial charge in [-0.2, -0.15) is 0 Å². The van der Waals surface area contributed by atoms with Gasteiger partial charge >= 0.3 is 0 Å². The van der Waals surface area contributed by atoms with E-state index in [4.69, 9.17) is 11.6 Å². The fraction of sp³-hybridized carbons (Fsp3) is 0.100. The van der Waals surface area contributed by atoms with Gasteiger partial charge < -0.3 is 4.98 Å². The second-order valence-electron chi connectivity index (χ2n) is 11.0. The molecule has 0 N–H and O–H groups in total. The summed E-state index contributed by atoms with van der Waals surface area (Å²) in [5.74, 6) is 0. The molecule has 2 nitrogen and oxygen atoms in total. The molecule has 0 bridgehead atoms. The number of rotatable bonds is 5. The quantitative estimate of drug-likeness (QED) is 0.161. The van der Waals surface area contributed by atoms with Crippen LogP contribution in [0.1, 0.15) is 22.3 Å². The Bertz CT molecular complexity index is 1940. The van der Waals surface area contributed by atoms with Gasteiger partial charge in [0.25, 0.3) is 0 Å². The maximum absolute atomic E-state index is 8.01. The zero-order valence-electron chi connectivity index (χ0n) is 24.7. The molecule has 3 heteroatoms. The van der Waals surface area contributed by atoms with Crippen LogP contribution in [0.15, 0.2) is 115 Å². The van der Waals surface area contributed by atoms with Crippen LogP contribution in [0.3, 0.4) is 0 Å². The number of aryl methyl sites for hydroxylation is 4. The Morgan fingerprint density at radius 2 is 1.05 bits per heavy atom. The molecule has 0 saturated carbocycles. The smallest absolute Gasteiger partial charge is 0.116 e. The average Bonchev–Trinajstić information content (AvgIpc) is 3.00. The maximum atomic E-state index is 8.01. The SMILES string of the molecule is [C-]#[N+]c1cc(-c2ccc(-c3ccccc3-c3cc(C)cc(C)c3)cn2)[c-]cc1-c1ccccc1-c1cc(C)cc(C)c1.[Ir]. The van der Waals surface area contributed by atoms with Gasteiger partial charge in [0.05, 0.1) is 6.57 Å². The van der Waals surface area contributed by atoms with Crippen LogP contribution in [0, 0.1) is 40.3 Å². The van der Waals surface area contributed by atoms with Crippen LogP contribution in [0.4, 0.5) is 5.69 Å². The summed E-state index contributed by atoms with van der Waals surface area (Å²) >= 11 is 0. The van der Waals surface area contributed by atoms with Crippen molar-refractivity contribution >= 4 is 5.69 Å². The summed E-state index contributed by atoms with van der Waals surface area (Å²) in [5, 5.41) is 0. The van der Waals surface area contributed by atoms with E-state index in [0.717, 1.165) is 44.6 Å². The molecule has 1 heterocycles. The third-order valence-corrected chi connectivity index (χ3v) is 7.61. The van der Waals surface area contributed by atoms with Gasteiger partial charge in [-0.3, -0.25) is 4.85 Å². The molecule has 0 aliphatic heterocycles. The minimum Gasteiger partial charge on any atom is -0.304 e. The Morgan fingerprint density at radius 1 is 0.558 bits per heavy atom. The Hall–Kier alpha value is -4.61. The minimum atomic E-state index is 0. The molecule has 1 radical (unpaired) electrons. The summed E-state index contributed by atoms with van der Waals surface area (Å²) in [6.45, 7) is 16.5. The number of nitrogens with zero attached hydrogens (tertiary/aromatic N) is 2. The predicted molar refractivity (Wildman–Crippen MR) is 175 cm³/mol. The maximum Gasteiger partial charge on any atom is 0.116 e. The number of aromatic nitrogens is 1. The van der Waals surface area contributed by atoms with Crippen LogP contribution in [0.2, 0.25) is 0 Å². The second kappa shape index (κ2) is 12.7. The summed E-state index contributed by atoms with van der Waals surface area (Å²) in [5.41, 5.74) is 15.9. The molecule has 0 saturated heterocycles. The topological polar surface area (TPSA) is 17.2 Å². The van der Waals surface area contributed by atoms with Crippen molar-refractivity contribution in [3.05, 3.63) is 155 Å². The van der Waals surface area contributed by atoms with Crippen molar-refractivity contribution in [1.82, 2.24) is 4.98 Å². The standard InChI is InChI=1S/C40H31N2.Ir/c1-26-18-27(2)21-32(20-26)35-11-7-6-10-34(35)31-15-17-39(42-25-31)30-14-16-38(40(24-30)41-5)37-13-9-8-12-36(37)33-22-28(3)19-29(4)23-33;/h6-13,15-25H,1-4H3;/q-1;. The molecule has 5 aromatic carbocycles. The van der Waals surface area contributed by atoms with Gasteiger partial charge in [0, 0.05) is 26.3 Å². The fourth-order valence-corrected chi connectivity index (χ4v) is 5.87. The van der Waals surface area contributed by atoms with Crippen LogP contribution in [-0.2, 0) is 20.1 Å². The number of hydrogen-bond donors (Lipinski definition) is 0. The van der Waals surface area contributed by atoms with Crippen molar-refractivity contribution < 1.29 is 20.1 Å². The molecule has 6 rings (SSSR count). The Labute approximate surface area is 268 Å². The molecule has 43 heavy (non-hydrogen) atoms. The normalized spacial score (nSPS) is 10.6. The van der Waals surface area contributed by atoms with E-state index in [1.165, 1.54) is 33.4 Å². The van der Waals surface area contributed by atoms with Gasteiger partial charge in [-0.25, -0.2) is 0 Å². The summed E-state index contributed by atoms with van der Waals surface area (Å²) in [6, 6.07) is 41.4. The fourth-order valence-electron chi connectivity index (χ4n) is 5.87. The molecule has 0 amide bonds. The molecule has 0 aliphatic carbocycles. The first kappa shape index (κ1) is 29.9. The number of benzene rings is 5. The molecule has 0 aliphatic rings. The van der Waals surface area contributed by atoms with Crippen molar-refractivity contribution in [2.24, 2.45) is 0 Å². The van der Waals surface area contributed by atoms with Crippen molar-refractivity contribution in [1.29, 1.82) is 0 Å². The van der Waals surface area contributed by atoms with E-state index in [-0.39, 0.29) is 20.1 Å². The van der Waals surface area contributed by atoms with E-state index >= 15 is 0 Å². The van der Waals surface area contributed by atoms with Crippen LogP contribution < -0.4 is 0 Å². The first-order valence-corrected chi connectivity index (χ1v) is 14.2. The molecule has 0 unspecified atom stereocenters. The van der Waals surface area contributed by atoms with Crippen molar-refractivity contribution in [2.45, 2.75) is 27.7 Å². The number of hydrogen-bond acceptors (Lipinski definition) is 1. The summed E-state index contributed by atoms with van der Waals surface area (Å²) in [4.78, 5) is 8.75. The number of pyridine rings is 1. The zero-order chi connectivity index (χ0) is 29.2. The van der Waals surface area contributed by atoms with Crippen LogP contribution >= 0.6 is 0 Å². The third-order valence-electron chi connectivity index (χ3n) is 7.61. The van der Waals surface area contributed by atoms with E-state index in [1.54, 1.807) is 0 Å². The zero-order valence-corrected chi connectivity index (χ0v) is 27.1. The van der Waals surface area contributed by atoms with E-state index in [2.05, 4.69) is 124 Å². The predicted octanol–water partition coefficient (Wildman–Crippen LogP) is 11.0. The molecule has 1 aromatic heterocycles. The van der Waals surface area contributed by atoms with Crippen molar-refractivity contribution in [3.63, 3.8) is 0 Å². The van der Waals surface area contributed by atoms with Gasteiger partial charge in [0.15, 0.2) is 0 Å². The second-order valence-corrected chi connectivity index (χ2v) is 11.0. The largest absolute Gasteiger partial charge is 0.304 e. The average molecular weight is 732 g/mol. The van der Waals surface area contributed by atoms with Gasteiger partial charge in [-0.05, 0) is 66.8 Å². The molecular formula is C40H31IrN2-. The van der Waals surface area contributed by atoms with E-state index in [0.29, 0.717) is 5.69 Å². The minimum absolute atomic E-state index is 0. The van der Waals surface area contributed by atoms with Crippen LogP contribution in [0.25, 0.3) is 60.6 Å². The molecule has 0 fully saturated rings. The summed E-state index contributed by atoms with van der Waals surface area (Å²) < 4.78 is 0. The Kier molecular flexibility index (Phi) is 8.83. The van der Waals surface area contributed by atoms with E-state index in [9.17, 15) is 0 Å². The van der Waals surface area contributed by atoms with Crippen LogP contribution in [-0.4, -0.2) is 4.98 Å². The Morgan fingerprint density at radius 3 is 1.53 bits per heavy atom. The molecular weight excluding hydrogens is 701 g/mol. The van der Waals surface area contributed by atoms with Gasteiger partial charge in [-0.1, -0.05) is 130 Å². The molecule has 0 spiro atoms. The third kappa shape index (κ3) is 6.27. The Balaban J connectivity index is 0.00000368. The van der Waals surface area contributed by atoms with E-state index < -0.39 is 0 Å². The molecule has 0 atom stereocenters. The van der Waals surface area contributed by atoms with E-state index in [1.807, 2.05) is 30.5 Å². The van der Waals surface area contributed by atoms with Crippen LogP contribution in [0.5, 0.6) is 0 Å². The molecule has 211 valence electrons. The summed E-state index contributed by atoms with van der Waals surface area (Å²) in [6.07, 6.45) is 1.92. The van der Waals surface area contributed by atoms with Gasteiger partial charge in [0.2, 0.25) is 0 Å². The van der Waals surface area contributed by atoms with Crippen molar-refractivity contribution in [3.8, 4) is 55.8 Å². The first-order valence-electron chi connectivity index (χ1n) is 14.2. The van der Waals surface area contributed by atoms with Gasteiger partial charge in [0.1, 0.15) is 5.69 Å². The first-order chi connectivity index (χ1) is 20.4. The van der Waals surface area contributed by atoms with Crippen molar-refractivity contribution in [2.75, 3.05) is 0 Å². The summed E-state index contributed by atoms with van der Waals surface area (Å²) in [7, 11) is 0.